The highest BCUT2D eigenvalue weighted by Crippen LogP contribution is 2.37. The van der Waals surface area contributed by atoms with Crippen molar-refractivity contribution in [2.24, 2.45) is 5.92 Å². The minimum absolute atomic E-state index is 0.00922. The van der Waals surface area contributed by atoms with Crippen molar-refractivity contribution in [1.82, 2.24) is 10.2 Å². The molecular weight excluding hydrogens is 281 g/mol. The maximum atomic E-state index is 12.9. The van der Waals surface area contributed by atoms with Gasteiger partial charge < -0.3 is 15.0 Å². The molecule has 124 valence electrons. The molecule has 0 unspecified atom stereocenters. The fourth-order valence-corrected chi connectivity index (χ4v) is 3.54. The fraction of sp³-hybridized carbons (Fsp3) is 1.00. The van der Waals surface area contributed by atoms with Gasteiger partial charge in [0.25, 0.3) is 0 Å². The smallest absolute Gasteiger partial charge is 0.381 e. The second-order valence-electron chi connectivity index (χ2n) is 6.71. The minimum atomic E-state index is -4.04. The first kappa shape index (κ1) is 17.0. The predicted molar refractivity (Wildman–Crippen MR) is 76.3 cm³/mol. The molecule has 1 aliphatic carbocycles. The molecule has 2 aliphatic rings. The summed E-state index contributed by atoms with van der Waals surface area (Å²) in [7, 11) is 4.10. The summed E-state index contributed by atoms with van der Waals surface area (Å²) < 4.78 is 44.0. The van der Waals surface area contributed by atoms with Gasteiger partial charge in [-0.3, -0.25) is 0 Å². The Morgan fingerprint density at radius 2 is 1.86 bits per heavy atom. The highest BCUT2D eigenvalue weighted by molar-refractivity contribution is 4.94. The van der Waals surface area contributed by atoms with Gasteiger partial charge in [-0.05, 0) is 46.2 Å². The third-order valence-corrected chi connectivity index (χ3v) is 5.23. The molecule has 3 nitrogen and oxygen atoms in total. The van der Waals surface area contributed by atoms with E-state index in [1.807, 2.05) is 14.1 Å². The van der Waals surface area contributed by atoms with Gasteiger partial charge in [-0.1, -0.05) is 6.42 Å². The molecule has 2 atom stereocenters. The van der Waals surface area contributed by atoms with E-state index in [9.17, 15) is 13.2 Å². The van der Waals surface area contributed by atoms with Crippen LogP contribution in [0.5, 0.6) is 0 Å². The van der Waals surface area contributed by atoms with Crippen molar-refractivity contribution in [2.75, 3.05) is 33.9 Å². The zero-order valence-corrected chi connectivity index (χ0v) is 13.0. The quantitative estimate of drug-likeness (QED) is 0.864. The van der Waals surface area contributed by atoms with Crippen LogP contribution in [0.4, 0.5) is 13.2 Å². The van der Waals surface area contributed by atoms with Gasteiger partial charge in [-0.25, -0.2) is 0 Å². The van der Waals surface area contributed by atoms with Gasteiger partial charge in [0.15, 0.2) is 0 Å². The summed E-state index contributed by atoms with van der Waals surface area (Å²) in [5.74, 6) is -1.13. The Morgan fingerprint density at radius 1 is 1.19 bits per heavy atom. The maximum absolute atomic E-state index is 12.9. The van der Waals surface area contributed by atoms with Crippen LogP contribution in [-0.4, -0.2) is 56.5 Å². The number of hydrogen-bond donors (Lipinski definition) is 1. The summed E-state index contributed by atoms with van der Waals surface area (Å²) in [5.41, 5.74) is 0.0173. The fourth-order valence-electron chi connectivity index (χ4n) is 3.54. The molecule has 0 aromatic rings. The standard InChI is InChI=1S/C15H27F3N2O/c1-20(2)14(6-8-21-9-7-14)11-19-13-5-3-4-12(10-13)15(16,17)18/h12-13,19H,3-11H2,1-2H3/t12-,13-/m0/s1. The third-order valence-electron chi connectivity index (χ3n) is 5.23. The Bertz CT molecular complexity index is 327. The van der Waals surface area contributed by atoms with Crippen molar-refractivity contribution in [2.45, 2.75) is 56.3 Å². The number of nitrogens with one attached hydrogen (secondary N) is 1. The molecule has 1 N–H and O–H groups in total. The first-order valence-corrected chi connectivity index (χ1v) is 7.89. The van der Waals surface area contributed by atoms with Gasteiger partial charge in [0.05, 0.1) is 5.92 Å². The number of nitrogens with zero attached hydrogens (tertiary/aromatic N) is 1. The van der Waals surface area contributed by atoms with Crippen LogP contribution in [0.25, 0.3) is 0 Å². The summed E-state index contributed by atoms with van der Waals surface area (Å²) in [6.07, 6.45) is -0.145. The Hall–Kier alpha value is -0.330. The molecule has 2 fully saturated rings. The largest absolute Gasteiger partial charge is 0.391 e. The van der Waals surface area contributed by atoms with Gasteiger partial charge in [0.2, 0.25) is 0 Å². The first-order chi connectivity index (χ1) is 9.83. The number of halogens is 3. The molecule has 1 aliphatic heterocycles. The first-order valence-electron chi connectivity index (χ1n) is 7.89. The van der Waals surface area contributed by atoms with E-state index < -0.39 is 12.1 Å². The molecule has 21 heavy (non-hydrogen) atoms. The summed E-state index contributed by atoms with van der Waals surface area (Å²) >= 11 is 0. The lowest BCUT2D eigenvalue weighted by molar-refractivity contribution is -0.183. The molecule has 0 radical (unpaired) electrons. The van der Waals surface area contributed by atoms with Crippen LogP contribution in [0, 0.1) is 5.92 Å². The Morgan fingerprint density at radius 3 is 2.43 bits per heavy atom. The molecule has 6 heteroatoms. The average Bonchev–Trinajstić information content (AvgIpc) is 2.45. The van der Waals surface area contributed by atoms with Crippen LogP contribution in [0.2, 0.25) is 0 Å². The monoisotopic (exact) mass is 308 g/mol. The molecule has 1 heterocycles. The third kappa shape index (κ3) is 4.33. The molecule has 0 aromatic carbocycles. The van der Waals surface area contributed by atoms with Crippen LogP contribution in [0.1, 0.15) is 38.5 Å². The van der Waals surface area contributed by atoms with Crippen LogP contribution in [0.15, 0.2) is 0 Å². The van der Waals surface area contributed by atoms with Crippen molar-refractivity contribution >= 4 is 0 Å². The molecule has 1 saturated heterocycles. The molecule has 0 bridgehead atoms. The summed E-state index contributed by atoms with van der Waals surface area (Å²) in [6.45, 7) is 2.21. The zero-order chi connectivity index (χ0) is 15.5. The second kappa shape index (κ2) is 6.84. The van der Waals surface area contributed by atoms with Crippen LogP contribution < -0.4 is 5.32 Å². The Balaban J connectivity index is 1.89. The van der Waals surface area contributed by atoms with E-state index >= 15 is 0 Å². The molecule has 0 amide bonds. The second-order valence-corrected chi connectivity index (χ2v) is 6.71. The van der Waals surface area contributed by atoms with Crippen molar-refractivity contribution in [1.29, 1.82) is 0 Å². The normalized spacial score (nSPS) is 30.6. The molecular formula is C15H27F3N2O. The van der Waals surface area contributed by atoms with E-state index in [0.29, 0.717) is 6.42 Å². The van der Waals surface area contributed by atoms with E-state index in [4.69, 9.17) is 4.74 Å². The minimum Gasteiger partial charge on any atom is -0.381 e. The van der Waals surface area contributed by atoms with Crippen molar-refractivity contribution in [3.63, 3.8) is 0 Å². The highest BCUT2D eigenvalue weighted by atomic mass is 19.4. The van der Waals surface area contributed by atoms with E-state index in [-0.39, 0.29) is 24.4 Å². The summed E-state index contributed by atoms with van der Waals surface area (Å²) in [6, 6.07) is -0.00922. The van der Waals surface area contributed by atoms with Crippen LogP contribution in [-0.2, 0) is 4.74 Å². The number of hydrogen-bond acceptors (Lipinski definition) is 3. The van der Waals surface area contributed by atoms with Gasteiger partial charge in [-0.15, -0.1) is 0 Å². The van der Waals surface area contributed by atoms with Gasteiger partial charge in [0, 0.05) is 31.3 Å². The number of likely N-dealkylation sites (N-methyl/N-ethyl adjacent to an activating group) is 1. The topological polar surface area (TPSA) is 24.5 Å². The van der Waals surface area contributed by atoms with Crippen molar-refractivity contribution in [3.8, 4) is 0 Å². The van der Waals surface area contributed by atoms with Gasteiger partial charge in [0.1, 0.15) is 0 Å². The van der Waals surface area contributed by atoms with E-state index in [1.54, 1.807) is 0 Å². The lowest BCUT2D eigenvalue weighted by Gasteiger charge is -2.44. The van der Waals surface area contributed by atoms with Crippen LogP contribution in [0.3, 0.4) is 0 Å². The molecule has 1 saturated carbocycles. The molecule has 0 aromatic heterocycles. The van der Waals surface area contributed by atoms with Gasteiger partial charge >= 0.3 is 6.18 Å². The Kier molecular flexibility index (Phi) is 5.54. The summed E-state index contributed by atoms with van der Waals surface area (Å²) in [4.78, 5) is 2.20. The Labute approximate surface area is 125 Å². The number of alkyl halides is 3. The number of ether oxygens (including phenoxy) is 1. The average molecular weight is 308 g/mol. The maximum Gasteiger partial charge on any atom is 0.391 e. The van der Waals surface area contributed by atoms with Crippen LogP contribution >= 0.6 is 0 Å². The highest BCUT2D eigenvalue weighted by Gasteiger charge is 2.43. The predicted octanol–water partition coefficient (Wildman–Crippen LogP) is 2.81. The van der Waals surface area contributed by atoms with Crippen molar-refractivity contribution in [3.05, 3.63) is 0 Å². The lowest BCUT2D eigenvalue weighted by atomic mass is 9.83. The molecule has 0 spiro atoms. The number of rotatable bonds is 4. The lowest BCUT2D eigenvalue weighted by Crippen LogP contribution is -2.56. The SMILES string of the molecule is CN(C)C1(CN[C@H]2CCC[C@H](C(F)(F)F)C2)CCOCC1. The van der Waals surface area contributed by atoms with Gasteiger partial charge in [-0.2, -0.15) is 13.2 Å². The van der Waals surface area contributed by atoms with E-state index in [1.165, 1.54) is 0 Å². The van der Waals surface area contributed by atoms with Crippen molar-refractivity contribution < 1.29 is 17.9 Å². The van der Waals surface area contributed by atoms with E-state index in [2.05, 4.69) is 10.2 Å². The zero-order valence-electron chi connectivity index (χ0n) is 13.0. The summed E-state index contributed by atoms with van der Waals surface area (Å²) in [5, 5.41) is 3.42. The molecule has 2 rings (SSSR count). The van der Waals surface area contributed by atoms with E-state index in [0.717, 1.165) is 39.0 Å².